The Kier molecular flexibility index (Phi) is 6.00. The normalized spacial score (nSPS) is 19.7. The molecule has 1 unspecified atom stereocenters. The smallest absolute Gasteiger partial charge is 0.355 e. The maximum absolute atomic E-state index is 14.0. The number of nitrogens with zero attached hydrogens (tertiary/aromatic N) is 3. The third kappa shape index (κ3) is 4.44. The number of para-hydroxylation sites is 2. The Morgan fingerprint density at radius 2 is 1.84 bits per heavy atom. The van der Waals surface area contributed by atoms with E-state index in [1.54, 1.807) is 11.2 Å². The van der Waals surface area contributed by atoms with Gasteiger partial charge in [-0.2, -0.15) is 13.2 Å². The molecule has 1 fully saturated rings. The highest BCUT2D eigenvalue weighted by atomic mass is 19.4. The summed E-state index contributed by atoms with van der Waals surface area (Å²) < 4.78 is 43.9. The van der Waals surface area contributed by atoms with E-state index in [-0.39, 0.29) is 26.1 Å². The van der Waals surface area contributed by atoms with Crippen LogP contribution in [0.1, 0.15) is 18.4 Å². The highest BCUT2D eigenvalue weighted by Gasteiger charge is 2.62. The number of aryl methyl sites for hydroxylation is 1. The number of benzene rings is 2. The van der Waals surface area contributed by atoms with Crippen molar-refractivity contribution in [3.05, 3.63) is 66.5 Å². The predicted molar refractivity (Wildman–Crippen MR) is 112 cm³/mol. The van der Waals surface area contributed by atoms with E-state index in [0.717, 1.165) is 16.6 Å². The van der Waals surface area contributed by atoms with E-state index in [1.807, 2.05) is 59.2 Å². The molecule has 1 atom stereocenters. The van der Waals surface area contributed by atoms with Crippen molar-refractivity contribution in [2.75, 3.05) is 19.6 Å². The van der Waals surface area contributed by atoms with Crippen LogP contribution in [-0.4, -0.2) is 46.2 Å². The zero-order valence-corrected chi connectivity index (χ0v) is 17.1. The first kappa shape index (κ1) is 21.4. The highest BCUT2D eigenvalue weighted by molar-refractivity contribution is 5.84. The van der Waals surface area contributed by atoms with E-state index >= 15 is 0 Å². The molecule has 8 heteroatoms. The number of halogens is 3. The topological polar surface area (TPSA) is 50.2 Å². The van der Waals surface area contributed by atoms with Gasteiger partial charge in [0.05, 0.1) is 17.4 Å². The van der Waals surface area contributed by atoms with Crippen molar-refractivity contribution in [2.45, 2.75) is 32.1 Å². The van der Waals surface area contributed by atoms with E-state index in [9.17, 15) is 18.0 Å². The standard InChI is InChI=1S/C23H25F3N4O/c24-23(25,26)22(11-14-29(16-22)15-18-7-2-1-3-8-18)21(31)27-12-6-13-30-17-28-19-9-4-5-10-20(19)30/h1-5,7-10,17H,6,11-16H2,(H,27,31). The zero-order valence-electron chi connectivity index (χ0n) is 17.1. The summed E-state index contributed by atoms with van der Waals surface area (Å²) in [5.74, 6) is -0.925. The van der Waals surface area contributed by atoms with E-state index in [1.165, 1.54) is 0 Å². The number of amides is 1. The van der Waals surface area contributed by atoms with Gasteiger partial charge in [0.25, 0.3) is 0 Å². The molecule has 1 aliphatic heterocycles. The van der Waals surface area contributed by atoms with Crippen LogP contribution in [0.2, 0.25) is 0 Å². The molecule has 1 saturated heterocycles. The summed E-state index contributed by atoms with van der Waals surface area (Å²) in [6.45, 7) is 1.08. The number of fused-ring (bicyclic) bond motifs is 1. The van der Waals surface area contributed by atoms with Crippen molar-refractivity contribution in [3.8, 4) is 0 Å². The second kappa shape index (κ2) is 8.70. The van der Waals surface area contributed by atoms with Gasteiger partial charge >= 0.3 is 6.18 Å². The summed E-state index contributed by atoms with van der Waals surface area (Å²) in [7, 11) is 0. The Bertz CT molecular complexity index is 1030. The quantitative estimate of drug-likeness (QED) is 0.577. The van der Waals surface area contributed by atoms with Gasteiger partial charge in [0.2, 0.25) is 5.91 Å². The molecule has 164 valence electrons. The molecule has 1 amide bonds. The number of carbonyl (C=O) groups is 1. The number of nitrogens with one attached hydrogen (secondary N) is 1. The lowest BCUT2D eigenvalue weighted by atomic mass is 9.85. The van der Waals surface area contributed by atoms with Crippen LogP contribution in [0.4, 0.5) is 13.2 Å². The van der Waals surface area contributed by atoms with Gasteiger partial charge in [-0.05, 0) is 37.1 Å². The van der Waals surface area contributed by atoms with Gasteiger partial charge in [-0.15, -0.1) is 0 Å². The number of imidazole rings is 1. The number of hydrogen-bond donors (Lipinski definition) is 1. The van der Waals surface area contributed by atoms with Gasteiger partial charge in [0.1, 0.15) is 0 Å². The summed E-state index contributed by atoms with van der Waals surface area (Å²) in [5.41, 5.74) is 0.414. The number of carbonyl (C=O) groups excluding carboxylic acids is 1. The minimum Gasteiger partial charge on any atom is -0.355 e. The minimum absolute atomic E-state index is 0.182. The second-order valence-electron chi connectivity index (χ2n) is 8.06. The molecule has 0 radical (unpaired) electrons. The molecule has 0 spiro atoms. The van der Waals surface area contributed by atoms with E-state index in [0.29, 0.717) is 19.5 Å². The van der Waals surface area contributed by atoms with Crippen molar-refractivity contribution in [2.24, 2.45) is 5.41 Å². The first-order valence-corrected chi connectivity index (χ1v) is 10.4. The third-order valence-electron chi connectivity index (χ3n) is 5.96. The molecule has 5 nitrogen and oxygen atoms in total. The Morgan fingerprint density at radius 1 is 1.10 bits per heavy atom. The van der Waals surface area contributed by atoms with Crippen LogP contribution < -0.4 is 5.32 Å². The van der Waals surface area contributed by atoms with Gasteiger partial charge in [-0.25, -0.2) is 4.98 Å². The fourth-order valence-electron chi connectivity index (χ4n) is 4.22. The molecule has 4 rings (SSSR count). The van der Waals surface area contributed by atoms with Crippen LogP contribution in [0, 0.1) is 5.41 Å². The highest BCUT2D eigenvalue weighted by Crippen LogP contribution is 2.46. The molecular formula is C23H25F3N4O. The lowest BCUT2D eigenvalue weighted by Gasteiger charge is -2.30. The lowest BCUT2D eigenvalue weighted by Crippen LogP contribution is -2.52. The first-order chi connectivity index (χ1) is 14.9. The second-order valence-corrected chi connectivity index (χ2v) is 8.06. The van der Waals surface area contributed by atoms with E-state index in [4.69, 9.17) is 0 Å². The lowest BCUT2D eigenvalue weighted by molar-refractivity contribution is -0.218. The van der Waals surface area contributed by atoms with Gasteiger partial charge in [-0.1, -0.05) is 42.5 Å². The zero-order chi connectivity index (χ0) is 21.9. The Morgan fingerprint density at radius 3 is 2.61 bits per heavy atom. The van der Waals surface area contributed by atoms with E-state index < -0.39 is 17.5 Å². The van der Waals surface area contributed by atoms with Crippen LogP contribution in [0.3, 0.4) is 0 Å². The van der Waals surface area contributed by atoms with Crippen LogP contribution in [0.5, 0.6) is 0 Å². The average Bonchev–Trinajstić information content (AvgIpc) is 3.37. The van der Waals surface area contributed by atoms with Crippen molar-refractivity contribution < 1.29 is 18.0 Å². The molecule has 2 aromatic carbocycles. The molecule has 1 aromatic heterocycles. The molecule has 0 bridgehead atoms. The molecule has 31 heavy (non-hydrogen) atoms. The summed E-state index contributed by atoms with van der Waals surface area (Å²) in [5, 5.41) is 2.55. The van der Waals surface area contributed by atoms with Crippen LogP contribution >= 0.6 is 0 Å². The van der Waals surface area contributed by atoms with Crippen LogP contribution in [0.25, 0.3) is 11.0 Å². The molecule has 1 aliphatic rings. The third-order valence-corrected chi connectivity index (χ3v) is 5.96. The largest absolute Gasteiger partial charge is 0.404 e. The fourth-order valence-corrected chi connectivity index (χ4v) is 4.22. The molecule has 1 N–H and O–H groups in total. The van der Waals surface area contributed by atoms with Crippen molar-refractivity contribution in [1.82, 2.24) is 19.8 Å². The summed E-state index contributed by atoms with van der Waals surface area (Å²) in [6.07, 6.45) is -2.58. The number of aromatic nitrogens is 2. The minimum atomic E-state index is -4.59. The summed E-state index contributed by atoms with van der Waals surface area (Å²) in [6, 6.07) is 17.0. The molecule has 2 heterocycles. The monoisotopic (exact) mass is 430 g/mol. The summed E-state index contributed by atoms with van der Waals surface area (Å²) >= 11 is 0. The number of hydrogen-bond acceptors (Lipinski definition) is 3. The predicted octanol–water partition coefficient (Wildman–Crippen LogP) is 4.00. The number of likely N-dealkylation sites (tertiary alicyclic amines) is 1. The maximum Gasteiger partial charge on any atom is 0.404 e. The van der Waals surface area contributed by atoms with Gasteiger partial charge in [0, 0.05) is 26.2 Å². The Balaban J connectivity index is 1.35. The van der Waals surface area contributed by atoms with Crippen molar-refractivity contribution >= 4 is 16.9 Å². The van der Waals surface area contributed by atoms with Crippen LogP contribution in [-0.2, 0) is 17.9 Å². The number of alkyl halides is 3. The van der Waals surface area contributed by atoms with Crippen molar-refractivity contribution in [1.29, 1.82) is 0 Å². The first-order valence-electron chi connectivity index (χ1n) is 10.4. The molecular weight excluding hydrogens is 405 g/mol. The molecule has 0 aliphatic carbocycles. The van der Waals surface area contributed by atoms with Gasteiger partial charge in [0.15, 0.2) is 5.41 Å². The molecule has 3 aromatic rings. The van der Waals surface area contributed by atoms with Crippen molar-refractivity contribution in [3.63, 3.8) is 0 Å². The van der Waals surface area contributed by atoms with Gasteiger partial charge < -0.3 is 9.88 Å². The fraction of sp³-hybridized carbons (Fsp3) is 0.391. The molecule has 0 saturated carbocycles. The SMILES string of the molecule is O=C(NCCCn1cnc2ccccc21)C1(C(F)(F)F)CCN(Cc2ccccc2)C1. The van der Waals surface area contributed by atoms with Gasteiger partial charge in [-0.3, -0.25) is 9.69 Å². The maximum atomic E-state index is 14.0. The Labute approximate surface area is 178 Å². The van der Waals surface area contributed by atoms with Crippen LogP contribution in [0.15, 0.2) is 60.9 Å². The summed E-state index contributed by atoms with van der Waals surface area (Å²) in [4.78, 5) is 18.7. The Hall–Kier alpha value is -2.87. The van der Waals surface area contributed by atoms with E-state index in [2.05, 4.69) is 10.3 Å². The number of rotatable bonds is 7. The average molecular weight is 430 g/mol.